The zero-order chi connectivity index (χ0) is 15.5. The van der Waals surface area contributed by atoms with Gasteiger partial charge in [0, 0.05) is 35.5 Å². The fourth-order valence-electron chi connectivity index (χ4n) is 2.43. The number of carbonyl (C=O) groups is 1. The van der Waals surface area contributed by atoms with Crippen molar-refractivity contribution in [2.75, 3.05) is 11.9 Å². The molecular formula is C18H18N2O2. The molecule has 22 heavy (non-hydrogen) atoms. The van der Waals surface area contributed by atoms with Crippen molar-refractivity contribution in [2.45, 2.75) is 6.92 Å². The van der Waals surface area contributed by atoms with Crippen molar-refractivity contribution in [1.82, 2.24) is 4.57 Å². The van der Waals surface area contributed by atoms with E-state index in [-0.39, 0.29) is 5.97 Å². The monoisotopic (exact) mass is 294 g/mol. The van der Waals surface area contributed by atoms with Crippen molar-refractivity contribution in [2.24, 2.45) is 7.05 Å². The summed E-state index contributed by atoms with van der Waals surface area (Å²) < 4.78 is 7.07. The quantitative estimate of drug-likeness (QED) is 0.737. The van der Waals surface area contributed by atoms with Crippen LogP contribution in [0.5, 0.6) is 0 Å². The van der Waals surface area contributed by atoms with Crippen LogP contribution in [0.1, 0.15) is 17.3 Å². The Balaban J connectivity index is 1.78. The molecule has 1 heterocycles. The molecule has 0 aliphatic heterocycles. The average Bonchev–Trinajstić information content (AvgIpc) is 2.89. The highest BCUT2D eigenvalue weighted by molar-refractivity contribution is 5.90. The molecule has 4 heteroatoms. The Labute approximate surface area is 129 Å². The van der Waals surface area contributed by atoms with Gasteiger partial charge in [0.25, 0.3) is 0 Å². The number of esters is 1. The maximum absolute atomic E-state index is 11.6. The van der Waals surface area contributed by atoms with E-state index in [4.69, 9.17) is 4.74 Å². The summed E-state index contributed by atoms with van der Waals surface area (Å²) in [6.07, 6.45) is 2.04. The summed E-state index contributed by atoms with van der Waals surface area (Å²) in [6, 6.07) is 15.6. The second kappa shape index (κ2) is 5.93. The van der Waals surface area contributed by atoms with Crippen LogP contribution in [0.15, 0.2) is 54.7 Å². The van der Waals surface area contributed by atoms with Gasteiger partial charge in [0.1, 0.15) is 0 Å². The third-order valence-corrected chi connectivity index (χ3v) is 3.57. The second-order valence-corrected chi connectivity index (χ2v) is 5.12. The first-order valence-corrected chi connectivity index (χ1v) is 7.26. The van der Waals surface area contributed by atoms with Crippen molar-refractivity contribution >= 4 is 28.2 Å². The Kier molecular flexibility index (Phi) is 3.83. The van der Waals surface area contributed by atoms with E-state index in [1.165, 1.54) is 10.9 Å². The Morgan fingerprint density at radius 1 is 1.09 bits per heavy atom. The molecule has 4 nitrogen and oxygen atoms in total. The zero-order valence-corrected chi connectivity index (χ0v) is 12.7. The van der Waals surface area contributed by atoms with Crippen LogP contribution in [0.25, 0.3) is 10.9 Å². The van der Waals surface area contributed by atoms with Crippen LogP contribution in [-0.2, 0) is 11.8 Å². The van der Waals surface area contributed by atoms with Gasteiger partial charge in [0.15, 0.2) is 0 Å². The van der Waals surface area contributed by atoms with Gasteiger partial charge in [-0.2, -0.15) is 0 Å². The zero-order valence-electron chi connectivity index (χ0n) is 12.7. The van der Waals surface area contributed by atoms with Crippen molar-refractivity contribution in [3.63, 3.8) is 0 Å². The topological polar surface area (TPSA) is 43.3 Å². The fraction of sp³-hybridized carbons (Fsp3) is 0.167. The summed E-state index contributed by atoms with van der Waals surface area (Å²) in [5.41, 5.74) is 3.71. The molecule has 0 unspecified atom stereocenters. The summed E-state index contributed by atoms with van der Waals surface area (Å²) in [4.78, 5) is 11.6. The maximum Gasteiger partial charge on any atom is 0.338 e. The van der Waals surface area contributed by atoms with Crippen LogP contribution in [0.4, 0.5) is 11.4 Å². The first kappa shape index (κ1) is 14.2. The van der Waals surface area contributed by atoms with Gasteiger partial charge in [-0.15, -0.1) is 0 Å². The van der Waals surface area contributed by atoms with Gasteiger partial charge in [-0.05, 0) is 55.5 Å². The molecule has 0 saturated heterocycles. The van der Waals surface area contributed by atoms with Crippen LogP contribution >= 0.6 is 0 Å². The van der Waals surface area contributed by atoms with Gasteiger partial charge in [-0.1, -0.05) is 0 Å². The largest absolute Gasteiger partial charge is 0.462 e. The first-order valence-electron chi connectivity index (χ1n) is 7.26. The molecule has 112 valence electrons. The molecule has 0 aliphatic rings. The number of nitrogens with one attached hydrogen (secondary N) is 1. The SMILES string of the molecule is CCOC(=O)c1ccc(Nc2ccc3c(ccn3C)c2)cc1. The molecule has 0 fully saturated rings. The van der Waals surface area contributed by atoms with Crippen molar-refractivity contribution < 1.29 is 9.53 Å². The Morgan fingerprint density at radius 2 is 1.82 bits per heavy atom. The van der Waals surface area contributed by atoms with E-state index >= 15 is 0 Å². The van der Waals surface area contributed by atoms with Crippen LogP contribution < -0.4 is 5.32 Å². The van der Waals surface area contributed by atoms with Gasteiger partial charge in [-0.3, -0.25) is 0 Å². The predicted molar refractivity (Wildman–Crippen MR) is 88.6 cm³/mol. The number of benzene rings is 2. The molecule has 0 amide bonds. The predicted octanol–water partition coefficient (Wildman–Crippen LogP) is 4.10. The minimum absolute atomic E-state index is 0.292. The molecule has 3 rings (SSSR count). The normalized spacial score (nSPS) is 10.6. The van der Waals surface area contributed by atoms with Gasteiger partial charge in [-0.25, -0.2) is 4.79 Å². The van der Waals surface area contributed by atoms with E-state index in [0.717, 1.165) is 11.4 Å². The number of aromatic nitrogens is 1. The number of fused-ring (bicyclic) bond motifs is 1. The van der Waals surface area contributed by atoms with Crippen LogP contribution in [0.2, 0.25) is 0 Å². The molecule has 0 radical (unpaired) electrons. The highest BCUT2D eigenvalue weighted by Gasteiger charge is 2.06. The van der Waals surface area contributed by atoms with Crippen LogP contribution in [0.3, 0.4) is 0 Å². The molecule has 0 atom stereocenters. The highest BCUT2D eigenvalue weighted by atomic mass is 16.5. The van der Waals surface area contributed by atoms with Gasteiger partial charge < -0.3 is 14.6 Å². The second-order valence-electron chi connectivity index (χ2n) is 5.12. The van der Waals surface area contributed by atoms with E-state index in [1.807, 2.05) is 31.4 Å². The number of hydrogen-bond acceptors (Lipinski definition) is 3. The third-order valence-electron chi connectivity index (χ3n) is 3.57. The van der Waals surface area contributed by atoms with E-state index in [1.54, 1.807) is 19.1 Å². The third kappa shape index (κ3) is 2.81. The molecule has 2 aromatic carbocycles. The summed E-state index contributed by atoms with van der Waals surface area (Å²) >= 11 is 0. The van der Waals surface area contributed by atoms with E-state index in [9.17, 15) is 4.79 Å². The Bertz CT molecular complexity index is 804. The maximum atomic E-state index is 11.6. The summed E-state index contributed by atoms with van der Waals surface area (Å²) in [5, 5.41) is 4.53. The molecule has 0 saturated carbocycles. The first-order chi connectivity index (χ1) is 10.7. The number of hydrogen-bond donors (Lipinski definition) is 1. The minimum atomic E-state index is -0.292. The van der Waals surface area contributed by atoms with Crippen LogP contribution in [-0.4, -0.2) is 17.1 Å². The molecule has 0 aliphatic carbocycles. The van der Waals surface area contributed by atoms with Crippen molar-refractivity contribution in [3.05, 3.63) is 60.3 Å². The van der Waals surface area contributed by atoms with Gasteiger partial charge in [0.2, 0.25) is 0 Å². The van der Waals surface area contributed by atoms with Gasteiger partial charge >= 0.3 is 5.97 Å². The minimum Gasteiger partial charge on any atom is -0.462 e. The molecule has 0 spiro atoms. The summed E-state index contributed by atoms with van der Waals surface area (Å²) in [5.74, 6) is -0.292. The number of ether oxygens (including phenoxy) is 1. The van der Waals surface area contributed by atoms with Crippen molar-refractivity contribution in [1.29, 1.82) is 0 Å². The number of rotatable bonds is 4. The van der Waals surface area contributed by atoms with E-state index in [0.29, 0.717) is 12.2 Å². The molecule has 0 bridgehead atoms. The number of carbonyl (C=O) groups excluding carboxylic acids is 1. The van der Waals surface area contributed by atoms with Crippen molar-refractivity contribution in [3.8, 4) is 0 Å². The lowest BCUT2D eigenvalue weighted by molar-refractivity contribution is 0.0526. The Hall–Kier alpha value is -2.75. The smallest absolute Gasteiger partial charge is 0.338 e. The van der Waals surface area contributed by atoms with E-state index < -0.39 is 0 Å². The summed E-state index contributed by atoms with van der Waals surface area (Å²) in [6.45, 7) is 2.18. The molecule has 1 aromatic heterocycles. The number of aryl methyl sites for hydroxylation is 1. The van der Waals surface area contributed by atoms with Crippen LogP contribution in [0, 0.1) is 0 Å². The molecule has 1 N–H and O–H groups in total. The fourth-order valence-corrected chi connectivity index (χ4v) is 2.43. The lowest BCUT2D eigenvalue weighted by atomic mass is 10.2. The molecule has 3 aromatic rings. The standard InChI is InChI=1S/C18H18N2O2/c1-3-22-18(21)13-4-6-15(7-5-13)19-16-8-9-17-14(12-16)10-11-20(17)2/h4-12,19H,3H2,1-2H3. The Morgan fingerprint density at radius 3 is 2.55 bits per heavy atom. The lowest BCUT2D eigenvalue weighted by Crippen LogP contribution is -2.04. The van der Waals surface area contributed by atoms with E-state index in [2.05, 4.69) is 28.1 Å². The number of anilines is 2. The highest BCUT2D eigenvalue weighted by Crippen LogP contribution is 2.23. The van der Waals surface area contributed by atoms with Gasteiger partial charge in [0.05, 0.1) is 12.2 Å². The summed E-state index contributed by atoms with van der Waals surface area (Å²) in [7, 11) is 2.03. The number of nitrogens with zero attached hydrogens (tertiary/aromatic N) is 1. The lowest BCUT2D eigenvalue weighted by Gasteiger charge is -2.08. The molecular weight excluding hydrogens is 276 g/mol. The average molecular weight is 294 g/mol.